The SMILES string of the molecule is C=Cc1ccc2c(n1)CO/C2=C1/C(=O)Nc2ccccc21.CC. The number of carbonyl (C=O) groups is 1. The van der Waals surface area contributed by atoms with Crippen molar-refractivity contribution in [3.8, 4) is 0 Å². The largest absolute Gasteiger partial charge is 0.486 e. The first-order valence-electron chi connectivity index (χ1n) is 7.68. The van der Waals surface area contributed by atoms with Gasteiger partial charge in [-0.1, -0.05) is 38.6 Å². The van der Waals surface area contributed by atoms with E-state index in [9.17, 15) is 4.79 Å². The summed E-state index contributed by atoms with van der Waals surface area (Å²) in [6, 6.07) is 11.4. The van der Waals surface area contributed by atoms with E-state index < -0.39 is 0 Å². The molecule has 23 heavy (non-hydrogen) atoms. The smallest absolute Gasteiger partial charge is 0.260 e. The summed E-state index contributed by atoms with van der Waals surface area (Å²) in [5, 5.41) is 2.86. The summed E-state index contributed by atoms with van der Waals surface area (Å²) in [5.74, 6) is 0.474. The zero-order chi connectivity index (χ0) is 16.4. The molecule has 4 rings (SSSR count). The van der Waals surface area contributed by atoms with Crippen LogP contribution in [-0.4, -0.2) is 10.9 Å². The summed E-state index contributed by atoms with van der Waals surface area (Å²) in [4.78, 5) is 16.7. The third-order valence-electron chi connectivity index (χ3n) is 3.70. The van der Waals surface area contributed by atoms with Gasteiger partial charge in [0.2, 0.25) is 0 Å². The minimum absolute atomic E-state index is 0.133. The third kappa shape index (κ3) is 2.42. The molecule has 3 heterocycles. The van der Waals surface area contributed by atoms with Crippen LogP contribution in [-0.2, 0) is 16.1 Å². The Labute approximate surface area is 135 Å². The topological polar surface area (TPSA) is 51.2 Å². The Hall–Kier alpha value is -2.88. The van der Waals surface area contributed by atoms with Crippen LogP contribution in [0.2, 0.25) is 0 Å². The van der Waals surface area contributed by atoms with E-state index in [4.69, 9.17) is 4.74 Å². The van der Waals surface area contributed by atoms with Gasteiger partial charge in [0, 0.05) is 16.8 Å². The lowest BCUT2D eigenvalue weighted by molar-refractivity contribution is -0.110. The zero-order valence-corrected chi connectivity index (χ0v) is 13.2. The minimum atomic E-state index is -0.133. The Morgan fingerprint density at radius 1 is 1.17 bits per heavy atom. The van der Waals surface area contributed by atoms with E-state index in [1.807, 2.05) is 50.2 Å². The molecule has 0 atom stereocenters. The molecule has 1 aromatic heterocycles. The lowest BCUT2D eigenvalue weighted by Gasteiger charge is -2.04. The molecule has 116 valence electrons. The Morgan fingerprint density at radius 3 is 2.74 bits per heavy atom. The lowest BCUT2D eigenvalue weighted by atomic mass is 10.0. The molecule has 2 aromatic rings. The Kier molecular flexibility index (Phi) is 3.98. The number of para-hydroxylation sites is 1. The summed E-state index contributed by atoms with van der Waals surface area (Å²) in [5.41, 5.74) is 4.79. The second-order valence-corrected chi connectivity index (χ2v) is 4.93. The van der Waals surface area contributed by atoms with Crippen LogP contribution in [0.1, 0.15) is 36.4 Å². The predicted octanol–water partition coefficient (Wildman–Crippen LogP) is 4.10. The Bertz CT molecular complexity index is 822. The Balaban J connectivity index is 0.000000753. The number of nitrogens with one attached hydrogen (secondary N) is 1. The van der Waals surface area contributed by atoms with Gasteiger partial charge < -0.3 is 10.1 Å². The van der Waals surface area contributed by atoms with Crippen molar-refractivity contribution in [3.63, 3.8) is 0 Å². The molecule has 0 aliphatic carbocycles. The van der Waals surface area contributed by atoms with Gasteiger partial charge in [0.25, 0.3) is 5.91 Å². The van der Waals surface area contributed by atoms with Crippen LogP contribution in [0.5, 0.6) is 0 Å². The molecule has 2 aliphatic heterocycles. The average Bonchev–Trinajstić information content (AvgIpc) is 3.15. The molecule has 0 spiro atoms. The number of fused-ring (bicyclic) bond motifs is 2. The maximum Gasteiger partial charge on any atom is 0.260 e. The van der Waals surface area contributed by atoms with Gasteiger partial charge in [-0.2, -0.15) is 0 Å². The second kappa shape index (κ2) is 6.08. The third-order valence-corrected chi connectivity index (χ3v) is 3.70. The van der Waals surface area contributed by atoms with Gasteiger partial charge in [0.15, 0.2) is 0 Å². The molecule has 0 radical (unpaired) electrons. The van der Waals surface area contributed by atoms with Crippen molar-refractivity contribution in [1.29, 1.82) is 0 Å². The molecule has 2 aliphatic rings. The normalized spacial score (nSPS) is 17.4. The number of hydrogen-bond acceptors (Lipinski definition) is 3. The number of rotatable bonds is 1. The number of amides is 1. The molecule has 1 N–H and O–H groups in total. The van der Waals surface area contributed by atoms with Crippen LogP contribution in [0.25, 0.3) is 17.4 Å². The van der Waals surface area contributed by atoms with Gasteiger partial charge >= 0.3 is 0 Å². The summed E-state index contributed by atoms with van der Waals surface area (Å²) >= 11 is 0. The van der Waals surface area contributed by atoms with Crippen molar-refractivity contribution in [2.24, 2.45) is 0 Å². The summed E-state index contributed by atoms with van der Waals surface area (Å²) < 4.78 is 5.76. The molecular formula is C19H18N2O2. The fourth-order valence-electron chi connectivity index (χ4n) is 2.72. The van der Waals surface area contributed by atoms with E-state index in [1.54, 1.807) is 6.08 Å². The van der Waals surface area contributed by atoms with Crippen LogP contribution in [0, 0.1) is 0 Å². The number of ether oxygens (including phenoxy) is 1. The van der Waals surface area contributed by atoms with Gasteiger partial charge in [-0.25, -0.2) is 4.98 Å². The highest BCUT2D eigenvalue weighted by Gasteiger charge is 2.32. The standard InChI is InChI=1S/C17H12N2O2.C2H6/c1-2-10-7-8-12-14(18-10)9-21-16(12)15-11-5-3-4-6-13(11)19-17(15)20;1-2/h2-8H,1,9H2,(H,19,20);1-2H3/b16-15+;. The highest BCUT2D eigenvalue weighted by molar-refractivity contribution is 6.36. The predicted molar refractivity (Wildman–Crippen MR) is 92.4 cm³/mol. The molecule has 0 bridgehead atoms. The average molecular weight is 306 g/mol. The van der Waals surface area contributed by atoms with Gasteiger partial charge in [0.05, 0.1) is 17.0 Å². The van der Waals surface area contributed by atoms with Crippen molar-refractivity contribution in [1.82, 2.24) is 4.98 Å². The summed E-state index contributed by atoms with van der Waals surface area (Å²) in [6.07, 6.45) is 1.70. The highest BCUT2D eigenvalue weighted by Crippen LogP contribution is 2.40. The van der Waals surface area contributed by atoms with Crippen LogP contribution in [0.15, 0.2) is 43.0 Å². The number of anilines is 1. The molecule has 1 amide bonds. The minimum Gasteiger partial charge on any atom is -0.486 e. The second-order valence-electron chi connectivity index (χ2n) is 4.93. The van der Waals surface area contributed by atoms with Gasteiger partial charge in [-0.3, -0.25) is 4.79 Å². The first-order valence-corrected chi connectivity index (χ1v) is 7.68. The maximum atomic E-state index is 12.3. The van der Waals surface area contributed by atoms with Crippen LogP contribution in [0.3, 0.4) is 0 Å². The van der Waals surface area contributed by atoms with Crippen molar-refractivity contribution < 1.29 is 9.53 Å². The highest BCUT2D eigenvalue weighted by atomic mass is 16.5. The number of benzene rings is 1. The monoisotopic (exact) mass is 306 g/mol. The van der Waals surface area contributed by atoms with Gasteiger partial charge in [-0.15, -0.1) is 0 Å². The van der Waals surface area contributed by atoms with E-state index in [0.717, 1.165) is 28.2 Å². The number of pyridine rings is 1. The van der Waals surface area contributed by atoms with Crippen molar-refractivity contribution in [2.75, 3.05) is 5.32 Å². The van der Waals surface area contributed by atoms with Crippen molar-refractivity contribution >= 4 is 29.0 Å². The molecular weight excluding hydrogens is 288 g/mol. The fourth-order valence-corrected chi connectivity index (χ4v) is 2.72. The van der Waals surface area contributed by atoms with E-state index >= 15 is 0 Å². The van der Waals surface area contributed by atoms with E-state index in [2.05, 4.69) is 16.9 Å². The van der Waals surface area contributed by atoms with Crippen LogP contribution >= 0.6 is 0 Å². The lowest BCUT2D eigenvalue weighted by Crippen LogP contribution is -2.05. The number of aromatic nitrogens is 1. The Morgan fingerprint density at radius 2 is 1.96 bits per heavy atom. The zero-order valence-electron chi connectivity index (χ0n) is 13.2. The van der Waals surface area contributed by atoms with Crippen molar-refractivity contribution in [3.05, 3.63) is 65.5 Å². The van der Waals surface area contributed by atoms with Crippen LogP contribution < -0.4 is 5.32 Å². The number of hydrogen-bond donors (Lipinski definition) is 1. The molecule has 0 saturated carbocycles. The van der Waals surface area contributed by atoms with Crippen molar-refractivity contribution in [2.45, 2.75) is 20.5 Å². The van der Waals surface area contributed by atoms with Gasteiger partial charge in [-0.05, 0) is 24.3 Å². The maximum absolute atomic E-state index is 12.3. The van der Waals surface area contributed by atoms with Gasteiger partial charge in [0.1, 0.15) is 12.4 Å². The summed E-state index contributed by atoms with van der Waals surface area (Å²) in [7, 11) is 0. The quantitative estimate of drug-likeness (QED) is 0.807. The van der Waals surface area contributed by atoms with E-state index in [-0.39, 0.29) is 5.91 Å². The van der Waals surface area contributed by atoms with E-state index in [1.165, 1.54) is 0 Å². The molecule has 4 nitrogen and oxygen atoms in total. The summed E-state index contributed by atoms with van der Waals surface area (Å²) in [6.45, 7) is 8.10. The van der Waals surface area contributed by atoms with E-state index in [0.29, 0.717) is 17.9 Å². The molecule has 4 heteroatoms. The molecule has 0 saturated heterocycles. The first kappa shape index (κ1) is 15.0. The fraction of sp³-hybridized carbons (Fsp3) is 0.158. The molecule has 0 unspecified atom stereocenters. The number of carbonyl (C=O) groups excluding carboxylic acids is 1. The molecule has 0 fully saturated rings. The molecule has 1 aromatic carbocycles. The van der Waals surface area contributed by atoms with Crippen LogP contribution in [0.4, 0.5) is 5.69 Å². The first-order chi connectivity index (χ1) is 11.3. The number of nitrogens with zero attached hydrogens (tertiary/aromatic N) is 1.